The van der Waals surface area contributed by atoms with Gasteiger partial charge in [0.15, 0.2) is 0 Å². The molecule has 0 fully saturated rings. The number of hydrogen-bond acceptors (Lipinski definition) is 2. The van der Waals surface area contributed by atoms with E-state index in [9.17, 15) is 0 Å². The predicted octanol–water partition coefficient (Wildman–Crippen LogP) is 4.99. The highest BCUT2D eigenvalue weighted by Crippen LogP contribution is 2.28. The average molecular weight is 295 g/mol. The van der Waals surface area contributed by atoms with Crippen molar-refractivity contribution >= 4 is 11.4 Å². The van der Waals surface area contributed by atoms with Crippen molar-refractivity contribution in [3.05, 3.63) is 52.3 Å². The summed E-state index contributed by atoms with van der Waals surface area (Å²) in [4.78, 5) is 0. The van der Waals surface area contributed by atoms with Crippen LogP contribution < -0.4 is 0 Å². The summed E-state index contributed by atoms with van der Waals surface area (Å²) in [6.07, 6.45) is 0. The standard InChI is InChI=1S/C19H25N3/c1-11(2)16-7-9-17(10-8-16)22-14(5)18(12(3)20)19(13(4)21)15(22)6/h7-11,20-21H,1-6H3. The zero-order valence-electron chi connectivity index (χ0n) is 14.3. The average Bonchev–Trinajstić information content (AvgIpc) is 2.70. The lowest BCUT2D eigenvalue weighted by Crippen LogP contribution is -2.03. The van der Waals surface area contributed by atoms with E-state index in [-0.39, 0.29) is 0 Å². The maximum absolute atomic E-state index is 8.06. The van der Waals surface area contributed by atoms with Gasteiger partial charge in [0, 0.05) is 39.6 Å². The maximum atomic E-state index is 8.06. The third-order valence-corrected chi connectivity index (χ3v) is 4.21. The van der Waals surface area contributed by atoms with Crippen molar-refractivity contribution in [2.75, 3.05) is 0 Å². The van der Waals surface area contributed by atoms with Crippen LogP contribution in [0.2, 0.25) is 0 Å². The molecule has 22 heavy (non-hydrogen) atoms. The summed E-state index contributed by atoms with van der Waals surface area (Å²) >= 11 is 0. The van der Waals surface area contributed by atoms with E-state index in [0.717, 1.165) is 28.2 Å². The summed E-state index contributed by atoms with van der Waals surface area (Å²) in [5, 5.41) is 16.1. The Morgan fingerprint density at radius 3 is 1.59 bits per heavy atom. The molecule has 2 N–H and O–H groups in total. The molecule has 116 valence electrons. The van der Waals surface area contributed by atoms with Crippen LogP contribution in [0.3, 0.4) is 0 Å². The first-order chi connectivity index (χ1) is 10.3. The Morgan fingerprint density at radius 1 is 0.864 bits per heavy atom. The van der Waals surface area contributed by atoms with Crippen LogP contribution in [0, 0.1) is 24.7 Å². The molecule has 1 aromatic carbocycles. The lowest BCUT2D eigenvalue weighted by Gasteiger charge is -2.12. The van der Waals surface area contributed by atoms with Crippen LogP contribution in [-0.4, -0.2) is 16.0 Å². The van der Waals surface area contributed by atoms with Crippen molar-refractivity contribution in [3.8, 4) is 5.69 Å². The minimum atomic E-state index is 0.514. The molecule has 0 aliphatic carbocycles. The molecule has 0 atom stereocenters. The van der Waals surface area contributed by atoms with Crippen molar-refractivity contribution in [3.63, 3.8) is 0 Å². The Hall–Kier alpha value is -2.16. The van der Waals surface area contributed by atoms with Gasteiger partial charge in [-0.1, -0.05) is 26.0 Å². The van der Waals surface area contributed by atoms with E-state index in [1.54, 1.807) is 13.8 Å². The summed E-state index contributed by atoms with van der Waals surface area (Å²) in [5.74, 6) is 0.514. The Bertz CT molecular complexity index is 694. The summed E-state index contributed by atoms with van der Waals surface area (Å²) in [6.45, 7) is 12.0. The first-order valence-electron chi connectivity index (χ1n) is 7.69. The second-order valence-electron chi connectivity index (χ2n) is 6.25. The fourth-order valence-electron chi connectivity index (χ4n) is 3.15. The van der Waals surface area contributed by atoms with Gasteiger partial charge in [0.05, 0.1) is 0 Å². The second kappa shape index (κ2) is 5.91. The van der Waals surface area contributed by atoms with E-state index in [2.05, 4.69) is 42.7 Å². The number of hydrogen-bond donors (Lipinski definition) is 2. The van der Waals surface area contributed by atoms with E-state index in [0.29, 0.717) is 17.3 Å². The molecule has 0 amide bonds. The van der Waals surface area contributed by atoms with Gasteiger partial charge in [-0.2, -0.15) is 0 Å². The molecule has 0 unspecified atom stereocenters. The molecule has 3 heteroatoms. The van der Waals surface area contributed by atoms with Gasteiger partial charge in [-0.25, -0.2) is 0 Å². The van der Waals surface area contributed by atoms with Gasteiger partial charge in [-0.15, -0.1) is 0 Å². The van der Waals surface area contributed by atoms with Crippen molar-refractivity contribution in [1.82, 2.24) is 4.57 Å². The molecule has 0 spiro atoms. The van der Waals surface area contributed by atoms with Crippen molar-refractivity contribution < 1.29 is 0 Å². The third-order valence-electron chi connectivity index (χ3n) is 4.21. The van der Waals surface area contributed by atoms with Gasteiger partial charge in [-0.05, 0) is 51.3 Å². The smallest absolute Gasteiger partial charge is 0.0455 e. The molecule has 0 aliphatic heterocycles. The van der Waals surface area contributed by atoms with Gasteiger partial charge >= 0.3 is 0 Å². The second-order valence-corrected chi connectivity index (χ2v) is 6.25. The molecule has 0 saturated heterocycles. The zero-order chi connectivity index (χ0) is 16.6. The van der Waals surface area contributed by atoms with Gasteiger partial charge < -0.3 is 15.4 Å². The van der Waals surface area contributed by atoms with Crippen LogP contribution in [0.15, 0.2) is 24.3 Å². The van der Waals surface area contributed by atoms with Crippen LogP contribution in [-0.2, 0) is 0 Å². The summed E-state index contributed by atoms with van der Waals surface area (Å²) in [7, 11) is 0. The summed E-state index contributed by atoms with van der Waals surface area (Å²) in [6, 6.07) is 8.57. The Balaban J connectivity index is 2.68. The minimum absolute atomic E-state index is 0.514. The van der Waals surface area contributed by atoms with Crippen molar-refractivity contribution in [1.29, 1.82) is 10.8 Å². The molecule has 2 rings (SSSR count). The molecule has 0 radical (unpaired) electrons. The number of aromatic nitrogens is 1. The largest absolute Gasteiger partial charge is 0.317 e. The third kappa shape index (κ3) is 2.63. The number of benzene rings is 1. The highest BCUT2D eigenvalue weighted by molar-refractivity contribution is 6.11. The molecule has 1 aromatic heterocycles. The number of nitrogens with one attached hydrogen (secondary N) is 2. The summed E-state index contributed by atoms with van der Waals surface area (Å²) < 4.78 is 2.16. The molecule has 2 aromatic rings. The summed E-state index contributed by atoms with van der Waals surface area (Å²) in [5.41, 5.74) is 7.27. The Morgan fingerprint density at radius 2 is 1.27 bits per heavy atom. The van der Waals surface area contributed by atoms with Crippen LogP contribution in [0.25, 0.3) is 5.69 Å². The first kappa shape index (κ1) is 16.2. The zero-order valence-corrected chi connectivity index (χ0v) is 14.3. The molecular weight excluding hydrogens is 270 g/mol. The molecule has 3 nitrogen and oxygen atoms in total. The lowest BCUT2D eigenvalue weighted by atomic mass is 10.0. The lowest BCUT2D eigenvalue weighted by molar-refractivity contribution is 0.863. The fourth-order valence-corrected chi connectivity index (χ4v) is 3.15. The maximum Gasteiger partial charge on any atom is 0.0455 e. The van der Waals surface area contributed by atoms with E-state index in [1.807, 2.05) is 13.8 Å². The highest BCUT2D eigenvalue weighted by Gasteiger charge is 2.21. The highest BCUT2D eigenvalue weighted by atomic mass is 15.0. The van der Waals surface area contributed by atoms with Crippen molar-refractivity contribution in [2.24, 2.45) is 0 Å². The monoisotopic (exact) mass is 295 g/mol. The van der Waals surface area contributed by atoms with Gasteiger partial charge in [-0.3, -0.25) is 0 Å². The molecule has 1 heterocycles. The molecule has 0 bridgehead atoms. The quantitative estimate of drug-likeness (QED) is 0.746. The van der Waals surface area contributed by atoms with Crippen LogP contribution in [0.4, 0.5) is 0 Å². The SMILES string of the molecule is CC(=N)c1c(C(C)=N)c(C)n(-c2ccc(C(C)C)cc2)c1C. The molecule has 0 saturated carbocycles. The Kier molecular flexibility index (Phi) is 4.36. The van der Waals surface area contributed by atoms with E-state index < -0.39 is 0 Å². The van der Waals surface area contributed by atoms with E-state index in [4.69, 9.17) is 10.8 Å². The first-order valence-corrected chi connectivity index (χ1v) is 7.69. The molecular formula is C19H25N3. The number of rotatable bonds is 4. The minimum Gasteiger partial charge on any atom is -0.317 e. The van der Waals surface area contributed by atoms with Crippen molar-refractivity contribution in [2.45, 2.75) is 47.5 Å². The van der Waals surface area contributed by atoms with Gasteiger partial charge in [0.25, 0.3) is 0 Å². The van der Waals surface area contributed by atoms with Crippen LogP contribution >= 0.6 is 0 Å². The van der Waals surface area contributed by atoms with E-state index in [1.165, 1.54) is 5.56 Å². The van der Waals surface area contributed by atoms with E-state index >= 15 is 0 Å². The normalized spacial score (nSPS) is 11.0. The van der Waals surface area contributed by atoms with Crippen LogP contribution in [0.5, 0.6) is 0 Å². The fraction of sp³-hybridized carbons (Fsp3) is 0.368. The number of nitrogens with zero attached hydrogens (tertiary/aromatic N) is 1. The predicted molar refractivity (Wildman–Crippen MR) is 94.3 cm³/mol. The van der Waals surface area contributed by atoms with Gasteiger partial charge in [0.2, 0.25) is 0 Å². The topological polar surface area (TPSA) is 52.6 Å². The van der Waals surface area contributed by atoms with Crippen LogP contribution in [0.1, 0.15) is 61.7 Å². The molecule has 0 aliphatic rings. The Labute approximate surface area is 133 Å². The van der Waals surface area contributed by atoms with Gasteiger partial charge in [0.1, 0.15) is 0 Å².